The Labute approximate surface area is 336 Å². The van der Waals surface area contributed by atoms with Gasteiger partial charge in [0.25, 0.3) is 11.8 Å². The van der Waals surface area contributed by atoms with E-state index in [0.29, 0.717) is 49.0 Å². The first-order valence-electron chi connectivity index (χ1n) is 19.7. The number of amides is 2. The molecule has 58 heavy (non-hydrogen) atoms. The second kappa shape index (κ2) is 16.2. The maximum absolute atomic E-state index is 13.2. The van der Waals surface area contributed by atoms with Crippen molar-refractivity contribution < 1.29 is 14.3 Å². The lowest BCUT2D eigenvalue weighted by Gasteiger charge is -2.38. The molecule has 10 rings (SSSR count). The van der Waals surface area contributed by atoms with Crippen molar-refractivity contribution >= 4 is 33.9 Å². The summed E-state index contributed by atoms with van der Waals surface area (Å²) >= 11 is 0. The average Bonchev–Trinajstić information content (AvgIpc) is 3.91. The first kappa shape index (κ1) is 36.6. The third kappa shape index (κ3) is 7.56. The number of ether oxygens (including phenoxy) is 1. The van der Waals surface area contributed by atoms with Gasteiger partial charge in [0, 0.05) is 43.9 Å². The zero-order valence-corrected chi connectivity index (χ0v) is 32.2. The van der Waals surface area contributed by atoms with Gasteiger partial charge in [0.2, 0.25) is 0 Å². The van der Waals surface area contributed by atoms with Gasteiger partial charge in [-0.1, -0.05) is 91.0 Å². The summed E-state index contributed by atoms with van der Waals surface area (Å²) in [4.78, 5) is 50.3. The molecule has 10 nitrogen and oxygen atoms in total. The number of hydrogen-bond donors (Lipinski definition) is 2. The summed E-state index contributed by atoms with van der Waals surface area (Å²) in [5.74, 6) is 3.26. The van der Waals surface area contributed by atoms with Crippen LogP contribution in [0.15, 0.2) is 146 Å². The SMILES string of the molecule is COc1cc(-c2ccccc2)ccc1C(=O)N1CCC(c2nc3ccccc3[nH]2)CC1.O=C(c1ccc(-c2ccccc2)nc1)N1CC(c2nc3ccccc3[nH]2)C1. The van der Waals surface area contributed by atoms with Crippen LogP contribution in [0.3, 0.4) is 0 Å². The molecule has 10 heteroatoms. The molecule has 0 spiro atoms. The summed E-state index contributed by atoms with van der Waals surface area (Å²) in [5.41, 5.74) is 9.38. The third-order valence-electron chi connectivity index (χ3n) is 11.2. The van der Waals surface area contributed by atoms with E-state index >= 15 is 0 Å². The molecule has 2 saturated heterocycles. The van der Waals surface area contributed by atoms with Crippen LogP contribution in [0.5, 0.6) is 5.75 Å². The lowest BCUT2D eigenvalue weighted by molar-refractivity contribution is 0.0595. The summed E-state index contributed by atoms with van der Waals surface area (Å²) in [6, 6.07) is 45.7. The van der Waals surface area contributed by atoms with E-state index in [0.717, 1.165) is 68.9 Å². The van der Waals surface area contributed by atoms with Gasteiger partial charge in [0.05, 0.1) is 51.9 Å². The zero-order chi connectivity index (χ0) is 39.4. The number of carbonyl (C=O) groups is 2. The molecule has 288 valence electrons. The first-order chi connectivity index (χ1) is 28.5. The van der Waals surface area contributed by atoms with E-state index in [2.05, 4.69) is 38.1 Å². The van der Waals surface area contributed by atoms with Crippen LogP contribution in [0, 0.1) is 0 Å². The van der Waals surface area contributed by atoms with E-state index in [9.17, 15) is 9.59 Å². The van der Waals surface area contributed by atoms with Crippen LogP contribution >= 0.6 is 0 Å². The number of nitrogens with one attached hydrogen (secondary N) is 2. The van der Waals surface area contributed by atoms with Crippen LogP contribution < -0.4 is 4.74 Å². The number of nitrogens with zero attached hydrogens (tertiary/aromatic N) is 5. The fourth-order valence-electron chi connectivity index (χ4n) is 7.84. The monoisotopic (exact) mass is 765 g/mol. The van der Waals surface area contributed by atoms with Crippen LogP contribution in [0.4, 0.5) is 0 Å². The van der Waals surface area contributed by atoms with E-state index in [1.807, 2.05) is 131 Å². The number of aromatic amines is 2. The molecule has 2 N–H and O–H groups in total. The summed E-state index contributed by atoms with van der Waals surface area (Å²) < 4.78 is 5.58. The number of carbonyl (C=O) groups excluding carboxylic acids is 2. The number of fused-ring (bicyclic) bond motifs is 2. The van der Waals surface area contributed by atoms with E-state index in [4.69, 9.17) is 9.72 Å². The molecule has 0 atom stereocenters. The summed E-state index contributed by atoms with van der Waals surface area (Å²) in [6.07, 6.45) is 3.46. The molecule has 5 heterocycles. The van der Waals surface area contributed by atoms with Gasteiger partial charge in [0.15, 0.2) is 0 Å². The minimum atomic E-state index is 0.0227. The Morgan fingerprint density at radius 1 is 0.603 bits per heavy atom. The number of imidazole rings is 2. The minimum Gasteiger partial charge on any atom is -0.496 e. The lowest BCUT2D eigenvalue weighted by atomic mass is 9.95. The number of benzene rings is 5. The van der Waals surface area contributed by atoms with Crippen molar-refractivity contribution in [3.63, 3.8) is 0 Å². The molecule has 0 unspecified atom stereocenters. The molecule has 2 fully saturated rings. The molecule has 5 aromatic carbocycles. The molecular weight excluding hydrogens is 723 g/mol. The van der Waals surface area contributed by atoms with Gasteiger partial charge in [-0.3, -0.25) is 14.6 Å². The standard InChI is InChI=1S/C26H25N3O2.C22H18N4O/c1-31-24-17-20(18-7-3-2-4-8-18)11-12-21(24)26(30)29-15-13-19(14-16-29)25-27-22-9-5-6-10-23(22)28-25;27-22(16-10-11-18(23-12-16)15-6-2-1-3-7-15)26-13-17(14-26)21-24-19-8-4-5-9-20(19)25-21/h2-12,17,19H,13-16H2,1H3,(H,27,28);1-12,17H,13-14H2,(H,24,25). The number of aromatic nitrogens is 5. The quantitative estimate of drug-likeness (QED) is 0.167. The maximum Gasteiger partial charge on any atom is 0.257 e. The summed E-state index contributed by atoms with van der Waals surface area (Å²) in [6.45, 7) is 2.78. The van der Waals surface area contributed by atoms with Crippen LogP contribution in [0.2, 0.25) is 0 Å². The van der Waals surface area contributed by atoms with Crippen molar-refractivity contribution in [3.05, 3.63) is 168 Å². The third-order valence-corrected chi connectivity index (χ3v) is 11.2. The van der Waals surface area contributed by atoms with Gasteiger partial charge in [-0.2, -0.15) is 0 Å². The molecule has 0 aliphatic carbocycles. The highest BCUT2D eigenvalue weighted by Gasteiger charge is 2.34. The highest BCUT2D eigenvalue weighted by atomic mass is 16.5. The van der Waals surface area contributed by atoms with Crippen molar-refractivity contribution in [2.45, 2.75) is 24.7 Å². The number of H-pyrrole nitrogens is 2. The molecule has 0 saturated carbocycles. The van der Waals surface area contributed by atoms with Crippen molar-refractivity contribution in [3.8, 4) is 28.1 Å². The Hall–Kier alpha value is -7.07. The fraction of sp³-hybridized carbons (Fsp3) is 0.188. The Balaban J connectivity index is 0.000000152. The van der Waals surface area contributed by atoms with Crippen molar-refractivity contribution in [2.75, 3.05) is 33.3 Å². The fourth-order valence-corrected chi connectivity index (χ4v) is 7.84. The molecule has 2 aliphatic heterocycles. The minimum absolute atomic E-state index is 0.0227. The molecule has 2 aliphatic rings. The van der Waals surface area contributed by atoms with E-state index in [1.165, 1.54) is 0 Å². The van der Waals surface area contributed by atoms with Gasteiger partial charge < -0.3 is 24.5 Å². The van der Waals surface area contributed by atoms with Gasteiger partial charge >= 0.3 is 0 Å². The zero-order valence-electron chi connectivity index (χ0n) is 32.2. The van der Waals surface area contributed by atoms with Crippen molar-refractivity contribution in [1.29, 1.82) is 0 Å². The Kier molecular flexibility index (Phi) is 10.2. The number of para-hydroxylation sites is 4. The Morgan fingerprint density at radius 2 is 1.19 bits per heavy atom. The highest BCUT2D eigenvalue weighted by Crippen LogP contribution is 2.32. The predicted octanol–water partition coefficient (Wildman–Crippen LogP) is 9.12. The Morgan fingerprint density at radius 3 is 1.78 bits per heavy atom. The molecule has 8 aromatic rings. The summed E-state index contributed by atoms with van der Waals surface area (Å²) in [5, 5.41) is 0. The van der Waals surface area contributed by atoms with Gasteiger partial charge in [-0.05, 0) is 72.5 Å². The molecule has 2 amide bonds. The highest BCUT2D eigenvalue weighted by molar-refractivity contribution is 5.98. The van der Waals surface area contributed by atoms with Crippen molar-refractivity contribution in [2.24, 2.45) is 0 Å². The number of piperidine rings is 1. The maximum atomic E-state index is 13.2. The summed E-state index contributed by atoms with van der Waals surface area (Å²) in [7, 11) is 1.62. The largest absolute Gasteiger partial charge is 0.496 e. The van der Waals surface area contributed by atoms with Crippen LogP contribution in [-0.4, -0.2) is 79.8 Å². The van der Waals surface area contributed by atoms with E-state index in [-0.39, 0.29) is 17.7 Å². The average molecular weight is 766 g/mol. The first-order valence-corrected chi connectivity index (χ1v) is 19.7. The van der Waals surface area contributed by atoms with Gasteiger partial charge in [-0.15, -0.1) is 0 Å². The molecule has 0 radical (unpaired) electrons. The van der Waals surface area contributed by atoms with Crippen LogP contribution in [0.1, 0.15) is 57.0 Å². The second-order valence-electron chi connectivity index (χ2n) is 14.8. The molecule has 3 aromatic heterocycles. The normalized spacial score (nSPS) is 14.5. The smallest absolute Gasteiger partial charge is 0.257 e. The second-order valence-corrected chi connectivity index (χ2v) is 14.8. The number of pyridine rings is 1. The van der Waals surface area contributed by atoms with Gasteiger partial charge in [0.1, 0.15) is 17.4 Å². The van der Waals surface area contributed by atoms with Crippen LogP contribution in [-0.2, 0) is 0 Å². The number of methoxy groups -OCH3 is 1. The van der Waals surface area contributed by atoms with Crippen LogP contribution in [0.25, 0.3) is 44.5 Å². The molecule has 0 bridgehead atoms. The number of rotatable bonds is 7. The van der Waals surface area contributed by atoms with E-state index < -0.39 is 0 Å². The van der Waals surface area contributed by atoms with Gasteiger partial charge in [-0.25, -0.2) is 9.97 Å². The predicted molar refractivity (Wildman–Crippen MR) is 227 cm³/mol. The molecular formula is C48H43N7O3. The Bertz CT molecular complexity index is 2610. The topological polar surface area (TPSA) is 120 Å². The number of hydrogen-bond acceptors (Lipinski definition) is 6. The lowest BCUT2D eigenvalue weighted by Crippen LogP contribution is -2.48. The number of likely N-dealkylation sites (tertiary alicyclic amines) is 2. The van der Waals surface area contributed by atoms with E-state index in [1.54, 1.807) is 13.3 Å². The van der Waals surface area contributed by atoms with Crippen molar-refractivity contribution in [1.82, 2.24) is 34.7 Å².